The Balaban J connectivity index is 2.15. The normalized spacial score (nSPS) is 19.5. The SMILES string of the molecule is COC(=O)C1CCN(c2cc(C)ccc2C)C1. The molecule has 1 unspecified atom stereocenters. The maximum absolute atomic E-state index is 11.5. The van der Waals surface area contributed by atoms with E-state index in [9.17, 15) is 4.79 Å². The minimum Gasteiger partial charge on any atom is -0.469 e. The lowest BCUT2D eigenvalue weighted by atomic mass is 10.1. The summed E-state index contributed by atoms with van der Waals surface area (Å²) in [6.07, 6.45) is 0.889. The van der Waals surface area contributed by atoms with Gasteiger partial charge in [-0.15, -0.1) is 0 Å². The first-order chi connectivity index (χ1) is 8.11. The lowest BCUT2D eigenvalue weighted by molar-refractivity contribution is -0.144. The zero-order chi connectivity index (χ0) is 12.4. The van der Waals surface area contributed by atoms with Gasteiger partial charge in [-0.3, -0.25) is 4.79 Å². The molecule has 1 aliphatic rings. The highest BCUT2D eigenvalue weighted by molar-refractivity contribution is 5.74. The van der Waals surface area contributed by atoms with Crippen molar-refractivity contribution in [1.82, 2.24) is 0 Å². The molecule has 1 saturated heterocycles. The fraction of sp³-hybridized carbons (Fsp3) is 0.500. The Kier molecular flexibility index (Phi) is 3.36. The highest BCUT2D eigenvalue weighted by Crippen LogP contribution is 2.28. The van der Waals surface area contributed by atoms with Crippen molar-refractivity contribution in [1.29, 1.82) is 0 Å². The van der Waals surface area contributed by atoms with Crippen molar-refractivity contribution in [2.75, 3.05) is 25.1 Å². The molecular weight excluding hydrogens is 214 g/mol. The molecule has 1 heterocycles. The number of carbonyl (C=O) groups excluding carboxylic acids is 1. The Morgan fingerprint density at radius 3 is 2.88 bits per heavy atom. The third kappa shape index (κ3) is 2.43. The smallest absolute Gasteiger partial charge is 0.310 e. The average molecular weight is 233 g/mol. The first-order valence-corrected chi connectivity index (χ1v) is 6.02. The molecule has 3 heteroatoms. The molecule has 17 heavy (non-hydrogen) atoms. The molecule has 0 spiro atoms. The molecule has 3 nitrogen and oxygen atoms in total. The van der Waals surface area contributed by atoms with E-state index >= 15 is 0 Å². The molecule has 0 aliphatic carbocycles. The topological polar surface area (TPSA) is 29.5 Å². The van der Waals surface area contributed by atoms with Crippen LogP contribution in [0, 0.1) is 19.8 Å². The van der Waals surface area contributed by atoms with Crippen molar-refractivity contribution in [3.63, 3.8) is 0 Å². The number of esters is 1. The van der Waals surface area contributed by atoms with E-state index in [-0.39, 0.29) is 11.9 Å². The molecule has 1 fully saturated rings. The second kappa shape index (κ2) is 4.78. The van der Waals surface area contributed by atoms with Gasteiger partial charge in [0.1, 0.15) is 0 Å². The number of hydrogen-bond donors (Lipinski definition) is 0. The number of ether oxygens (including phenoxy) is 1. The molecule has 0 saturated carbocycles. The monoisotopic (exact) mass is 233 g/mol. The molecule has 0 aromatic heterocycles. The van der Waals surface area contributed by atoms with Crippen LogP contribution in [0.2, 0.25) is 0 Å². The van der Waals surface area contributed by atoms with Gasteiger partial charge >= 0.3 is 5.97 Å². The number of anilines is 1. The van der Waals surface area contributed by atoms with Gasteiger partial charge < -0.3 is 9.64 Å². The van der Waals surface area contributed by atoms with Gasteiger partial charge in [-0.25, -0.2) is 0 Å². The molecule has 0 amide bonds. The molecule has 92 valence electrons. The largest absolute Gasteiger partial charge is 0.469 e. The van der Waals surface area contributed by atoms with E-state index < -0.39 is 0 Å². The summed E-state index contributed by atoms with van der Waals surface area (Å²) in [5.41, 5.74) is 3.77. The number of hydrogen-bond acceptors (Lipinski definition) is 3. The van der Waals surface area contributed by atoms with Crippen LogP contribution in [0.25, 0.3) is 0 Å². The molecular formula is C14H19NO2. The summed E-state index contributed by atoms with van der Waals surface area (Å²) < 4.78 is 4.81. The summed E-state index contributed by atoms with van der Waals surface area (Å²) in [6.45, 7) is 5.91. The van der Waals surface area contributed by atoms with Gasteiger partial charge in [-0.2, -0.15) is 0 Å². The maximum Gasteiger partial charge on any atom is 0.310 e. The van der Waals surface area contributed by atoms with Crippen molar-refractivity contribution in [2.24, 2.45) is 5.92 Å². The number of rotatable bonds is 2. The van der Waals surface area contributed by atoms with E-state index in [4.69, 9.17) is 4.74 Å². The maximum atomic E-state index is 11.5. The minimum absolute atomic E-state index is 0.0277. The predicted molar refractivity (Wildman–Crippen MR) is 68.3 cm³/mol. The van der Waals surface area contributed by atoms with E-state index in [2.05, 4.69) is 36.9 Å². The van der Waals surface area contributed by atoms with Crippen LogP contribution in [-0.2, 0) is 9.53 Å². The van der Waals surface area contributed by atoms with E-state index in [0.717, 1.165) is 19.5 Å². The highest BCUT2D eigenvalue weighted by Gasteiger charge is 2.29. The van der Waals surface area contributed by atoms with Gasteiger partial charge in [0.15, 0.2) is 0 Å². The third-order valence-electron chi connectivity index (χ3n) is 3.43. The summed E-state index contributed by atoms with van der Waals surface area (Å²) in [4.78, 5) is 13.8. The summed E-state index contributed by atoms with van der Waals surface area (Å²) in [5, 5.41) is 0. The van der Waals surface area contributed by atoms with Crippen molar-refractivity contribution >= 4 is 11.7 Å². The molecule has 0 N–H and O–H groups in total. The fourth-order valence-corrected chi connectivity index (χ4v) is 2.40. The number of benzene rings is 1. The number of carbonyl (C=O) groups is 1. The molecule has 0 radical (unpaired) electrons. The predicted octanol–water partition coefficient (Wildman–Crippen LogP) is 2.30. The average Bonchev–Trinajstić information content (AvgIpc) is 2.80. The van der Waals surface area contributed by atoms with Gasteiger partial charge in [-0.05, 0) is 37.5 Å². The molecule has 1 aromatic rings. The standard InChI is InChI=1S/C14H19NO2/c1-10-4-5-11(2)13(8-10)15-7-6-12(9-15)14(16)17-3/h4-5,8,12H,6-7,9H2,1-3H3. The van der Waals surface area contributed by atoms with Crippen LogP contribution in [0.5, 0.6) is 0 Å². The van der Waals surface area contributed by atoms with Crippen LogP contribution in [0.1, 0.15) is 17.5 Å². The molecule has 1 aliphatic heterocycles. The summed E-state index contributed by atoms with van der Waals surface area (Å²) in [5.74, 6) is -0.0577. The summed E-state index contributed by atoms with van der Waals surface area (Å²) >= 11 is 0. The number of aryl methyl sites for hydroxylation is 2. The summed E-state index contributed by atoms with van der Waals surface area (Å²) in [7, 11) is 1.46. The van der Waals surface area contributed by atoms with Crippen LogP contribution >= 0.6 is 0 Å². The zero-order valence-electron chi connectivity index (χ0n) is 10.7. The van der Waals surface area contributed by atoms with Crippen LogP contribution in [0.3, 0.4) is 0 Å². The molecule has 2 rings (SSSR count). The van der Waals surface area contributed by atoms with Gasteiger partial charge in [0.25, 0.3) is 0 Å². The van der Waals surface area contributed by atoms with Gasteiger partial charge in [0.05, 0.1) is 13.0 Å². The Bertz CT molecular complexity index is 428. The summed E-state index contributed by atoms with van der Waals surface area (Å²) in [6, 6.07) is 6.44. The first-order valence-electron chi connectivity index (χ1n) is 6.02. The highest BCUT2D eigenvalue weighted by atomic mass is 16.5. The Labute approximate surface area is 102 Å². The molecule has 1 aromatic carbocycles. The lowest BCUT2D eigenvalue weighted by Crippen LogP contribution is -2.24. The van der Waals surface area contributed by atoms with Gasteiger partial charge in [0.2, 0.25) is 0 Å². The van der Waals surface area contributed by atoms with Crippen LogP contribution in [-0.4, -0.2) is 26.2 Å². The van der Waals surface area contributed by atoms with Crippen LogP contribution in [0.4, 0.5) is 5.69 Å². The lowest BCUT2D eigenvalue weighted by Gasteiger charge is -2.21. The van der Waals surface area contributed by atoms with E-state index in [1.807, 2.05) is 0 Å². The van der Waals surface area contributed by atoms with Gasteiger partial charge in [0, 0.05) is 18.8 Å². The van der Waals surface area contributed by atoms with E-state index in [1.54, 1.807) is 0 Å². The zero-order valence-corrected chi connectivity index (χ0v) is 10.7. The van der Waals surface area contributed by atoms with E-state index in [0.29, 0.717) is 0 Å². The fourth-order valence-electron chi connectivity index (χ4n) is 2.40. The quantitative estimate of drug-likeness (QED) is 0.734. The van der Waals surface area contributed by atoms with Crippen molar-refractivity contribution in [3.8, 4) is 0 Å². The second-order valence-electron chi connectivity index (χ2n) is 4.74. The van der Waals surface area contributed by atoms with E-state index in [1.165, 1.54) is 23.9 Å². The Hall–Kier alpha value is -1.51. The van der Waals surface area contributed by atoms with Gasteiger partial charge in [-0.1, -0.05) is 12.1 Å². The molecule has 1 atom stereocenters. The molecule has 0 bridgehead atoms. The second-order valence-corrected chi connectivity index (χ2v) is 4.74. The Morgan fingerprint density at radius 2 is 2.18 bits per heavy atom. The number of nitrogens with zero attached hydrogens (tertiary/aromatic N) is 1. The van der Waals surface area contributed by atoms with Crippen LogP contribution in [0.15, 0.2) is 18.2 Å². The number of methoxy groups -OCH3 is 1. The van der Waals surface area contributed by atoms with Crippen LogP contribution < -0.4 is 4.90 Å². The Morgan fingerprint density at radius 1 is 1.41 bits per heavy atom. The van der Waals surface area contributed by atoms with Crippen molar-refractivity contribution < 1.29 is 9.53 Å². The minimum atomic E-state index is -0.0854. The first kappa shape index (κ1) is 12.0. The van der Waals surface area contributed by atoms with Crippen molar-refractivity contribution in [3.05, 3.63) is 29.3 Å². The third-order valence-corrected chi connectivity index (χ3v) is 3.43. The van der Waals surface area contributed by atoms with Crippen molar-refractivity contribution in [2.45, 2.75) is 20.3 Å².